The summed E-state index contributed by atoms with van der Waals surface area (Å²) in [6.07, 6.45) is 1.73. The van der Waals surface area contributed by atoms with Crippen LogP contribution >= 0.6 is 0 Å². The minimum absolute atomic E-state index is 0.102. The lowest BCUT2D eigenvalue weighted by Crippen LogP contribution is -2.17. The monoisotopic (exact) mass is 435 g/mol. The number of benzene rings is 2. The number of esters is 1. The molecule has 0 radical (unpaired) electrons. The highest BCUT2D eigenvalue weighted by Crippen LogP contribution is 2.30. The Bertz CT molecular complexity index is 1570. The molecule has 0 spiro atoms. The Morgan fingerprint density at radius 2 is 1.70 bits per heavy atom. The summed E-state index contributed by atoms with van der Waals surface area (Å²) in [5, 5.41) is 0.724. The predicted molar refractivity (Wildman–Crippen MR) is 127 cm³/mol. The summed E-state index contributed by atoms with van der Waals surface area (Å²) in [7, 11) is 0. The number of hydrogen-bond donors (Lipinski definition) is 0. The molecule has 2 aromatic carbocycles. The predicted octanol–water partition coefficient (Wildman–Crippen LogP) is 4.88. The van der Waals surface area contributed by atoms with Gasteiger partial charge in [0.15, 0.2) is 0 Å². The van der Waals surface area contributed by atoms with E-state index in [0.29, 0.717) is 22.4 Å². The molecule has 6 heteroatoms. The Hall–Kier alpha value is -4.32. The van der Waals surface area contributed by atoms with Crippen LogP contribution in [-0.4, -0.2) is 20.3 Å². The molecule has 0 saturated heterocycles. The number of ether oxygens (including phenoxy) is 1. The van der Waals surface area contributed by atoms with Crippen LogP contribution in [0.2, 0.25) is 0 Å². The van der Waals surface area contributed by atoms with Crippen LogP contribution < -0.4 is 5.56 Å². The summed E-state index contributed by atoms with van der Waals surface area (Å²) < 4.78 is 7.12. The zero-order valence-corrected chi connectivity index (χ0v) is 18.3. The number of aromatic nitrogens is 3. The second kappa shape index (κ2) is 8.31. The van der Waals surface area contributed by atoms with E-state index < -0.39 is 5.97 Å². The highest BCUT2D eigenvalue weighted by Gasteiger charge is 2.20. The maximum absolute atomic E-state index is 13.3. The smallest absolute Gasteiger partial charge is 0.339 e. The molecule has 0 saturated carbocycles. The second-order valence-electron chi connectivity index (χ2n) is 7.94. The van der Waals surface area contributed by atoms with E-state index in [9.17, 15) is 9.59 Å². The molecule has 0 amide bonds. The molecule has 5 aromatic rings. The van der Waals surface area contributed by atoms with Gasteiger partial charge in [0, 0.05) is 23.2 Å². The quantitative estimate of drug-likeness (QED) is 0.376. The van der Waals surface area contributed by atoms with Crippen LogP contribution in [0.5, 0.6) is 0 Å². The molecular formula is C27H21N3O3. The number of fused-ring (bicyclic) bond motifs is 2. The van der Waals surface area contributed by atoms with Gasteiger partial charge in [-0.25, -0.2) is 14.8 Å². The van der Waals surface area contributed by atoms with Crippen LogP contribution in [-0.2, 0) is 11.3 Å². The second-order valence-corrected chi connectivity index (χ2v) is 7.94. The summed E-state index contributed by atoms with van der Waals surface area (Å²) in [5.74, 6) is -0.478. The van der Waals surface area contributed by atoms with Crippen LogP contribution in [0.15, 0.2) is 83.8 Å². The summed E-state index contributed by atoms with van der Waals surface area (Å²) >= 11 is 0. The van der Waals surface area contributed by atoms with E-state index in [0.717, 1.165) is 27.8 Å². The highest BCUT2D eigenvalue weighted by atomic mass is 16.5. The minimum atomic E-state index is -0.478. The summed E-state index contributed by atoms with van der Waals surface area (Å²) in [4.78, 5) is 35.0. The van der Waals surface area contributed by atoms with Crippen molar-refractivity contribution in [2.75, 3.05) is 0 Å². The molecule has 0 atom stereocenters. The van der Waals surface area contributed by atoms with E-state index in [1.54, 1.807) is 12.3 Å². The van der Waals surface area contributed by atoms with Gasteiger partial charge in [-0.15, -0.1) is 0 Å². The van der Waals surface area contributed by atoms with Gasteiger partial charge in [0.25, 0.3) is 5.56 Å². The number of carbonyl (C=O) groups is 1. The van der Waals surface area contributed by atoms with Crippen molar-refractivity contribution >= 4 is 22.5 Å². The number of rotatable bonds is 4. The van der Waals surface area contributed by atoms with E-state index in [4.69, 9.17) is 9.72 Å². The Morgan fingerprint density at radius 1 is 0.939 bits per heavy atom. The Kier molecular flexibility index (Phi) is 5.18. The Balaban J connectivity index is 1.52. The third kappa shape index (κ3) is 3.87. The summed E-state index contributed by atoms with van der Waals surface area (Å²) in [6, 6.07) is 22.3. The van der Waals surface area contributed by atoms with E-state index in [-0.39, 0.29) is 12.2 Å². The van der Waals surface area contributed by atoms with Gasteiger partial charge >= 0.3 is 5.97 Å². The zero-order chi connectivity index (χ0) is 22.9. The molecule has 3 aromatic heterocycles. The van der Waals surface area contributed by atoms with Gasteiger partial charge in [-0.1, -0.05) is 54.6 Å². The normalized spacial score (nSPS) is 11.1. The molecule has 33 heavy (non-hydrogen) atoms. The fraction of sp³-hybridized carbons (Fsp3) is 0.111. The first kappa shape index (κ1) is 20.6. The third-order valence-electron chi connectivity index (χ3n) is 5.60. The van der Waals surface area contributed by atoms with Crippen molar-refractivity contribution in [1.82, 2.24) is 14.4 Å². The van der Waals surface area contributed by atoms with E-state index in [1.807, 2.05) is 74.5 Å². The third-order valence-corrected chi connectivity index (χ3v) is 5.60. The van der Waals surface area contributed by atoms with E-state index >= 15 is 0 Å². The molecule has 0 aliphatic rings. The molecule has 5 rings (SSSR count). The first-order chi connectivity index (χ1) is 16.0. The SMILES string of the molecule is Cc1ccc2nc(COC(=O)c3c(C)c(-c4ccccc4)nc4ccccc34)cc(=O)n2c1. The number of aryl methyl sites for hydroxylation is 1. The van der Waals surface area contributed by atoms with Gasteiger partial charge in [0.05, 0.1) is 22.5 Å². The molecule has 0 aliphatic heterocycles. The van der Waals surface area contributed by atoms with Gasteiger partial charge in [-0.2, -0.15) is 0 Å². The average Bonchev–Trinajstić information content (AvgIpc) is 2.83. The molecule has 162 valence electrons. The Labute approximate surface area is 190 Å². The van der Waals surface area contributed by atoms with Crippen molar-refractivity contribution in [2.45, 2.75) is 20.5 Å². The molecule has 0 aliphatic carbocycles. The number of para-hydroxylation sites is 1. The highest BCUT2D eigenvalue weighted by molar-refractivity contribution is 6.06. The van der Waals surface area contributed by atoms with Crippen molar-refractivity contribution in [3.8, 4) is 11.3 Å². The van der Waals surface area contributed by atoms with Crippen LogP contribution in [0, 0.1) is 13.8 Å². The molecule has 0 N–H and O–H groups in total. The average molecular weight is 435 g/mol. The van der Waals surface area contributed by atoms with E-state index in [2.05, 4.69) is 4.98 Å². The fourth-order valence-corrected chi connectivity index (χ4v) is 3.99. The zero-order valence-electron chi connectivity index (χ0n) is 18.3. The molecule has 0 fully saturated rings. The maximum Gasteiger partial charge on any atom is 0.339 e. The molecule has 3 heterocycles. The molecule has 6 nitrogen and oxygen atoms in total. The van der Waals surface area contributed by atoms with Crippen LogP contribution in [0.3, 0.4) is 0 Å². The standard InChI is InChI=1S/C27H21N3O3/c1-17-12-13-23-28-20(14-24(31)30(23)15-17)16-33-27(32)25-18(2)26(19-8-4-3-5-9-19)29-22-11-7-6-10-21(22)25/h3-15H,16H2,1-2H3. The first-order valence-corrected chi connectivity index (χ1v) is 10.6. The number of nitrogens with zero attached hydrogens (tertiary/aromatic N) is 3. The van der Waals surface area contributed by atoms with Crippen LogP contribution in [0.25, 0.3) is 27.8 Å². The number of carbonyl (C=O) groups excluding carboxylic acids is 1. The molecule has 0 unspecified atom stereocenters. The van der Waals surface area contributed by atoms with Crippen LogP contribution in [0.4, 0.5) is 0 Å². The van der Waals surface area contributed by atoms with Crippen molar-refractivity contribution in [3.05, 3.63) is 112 Å². The summed E-state index contributed by atoms with van der Waals surface area (Å²) in [6.45, 7) is 3.68. The van der Waals surface area contributed by atoms with Gasteiger partial charge in [-0.3, -0.25) is 9.20 Å². The number of pyridine rings is 2. The van der Waals surface area contributed by atoms with Gasteiger partial charge in [0.2, 0.25) is 0 Å². The van der Waals surface area contributed by atoms with Crippen LogP contribution in [0.1, 0.15) is 27.2 Å². The maximum atomic E-state index is 13.3. The van der Waals surface area contributed by atoms with Crippen molar-refractivity contribution in [2.24, 2.45) is 0 Å². The number of hydrogen-bond acceptors (Lipinski definition) is 5. The molecular weight excluding hydrogens is 414 g/mol. The van der Waals surface area contributed by atoms with Gasteiger partial charge in [-0.05, 0) is 37.1 Å². The Morgan fingerprint density at radius 3 is 2.52 bits per heavy atom. The van der Waals surface area contributed by atoms with Gasteiger partial charge in [0.1, 0.15) is 12.3 Å². The fourth-order valence-electron chi connectivity index (χ4n) is 3.99. The summed E-state index contributed by atoms with van der Waals surface area (Å²) in [5.41, 5.74) is 5.23. The largest absolute Gasteiger partial charge is 0.456 e. The van der Waals surface area contributed by atoms with Gasteiger partial charge < -0.3 is 4.74 Å². The van der Waals surface area contributed by atoms with Crippen molar-refractivity contribution < 1.29 is 9.53 Å². The molecule has 0 bridgehead atoms. The van der Waals surface area contributed by atoms with Crippen molar-refractivity contribution in [1.29, 1.82) is 0 Å². The van der Waals surface area contributed by atoms with Crippen molar-refractivity contribution in [3.63, 3.8) is 0 Å². The lowest BCUT2D eigenvalue weighted by Gasteiger charge is -2.14. The lowest BCUT2D eigenvalue weighted by atomic mass is 9.98. The van der Waals surface area contributed by atoms with E-state index in [1.165, 1.54) is 10.5 Å². The topological polar surface area (TPSA) is 73.6 Å². The minimum Gasteiger partial charge on any atom is -0.456 e. The lowest BCUT2D eigenvalue weighted by molar-refractivity contribution is 0.0469. The first-order valence-electron chi connectivity index (χ1n) is 10.6.